The Labute approximate surface area is 183 Å². The van der Waals surface area contributed by atoms with Gasteiger partial charge >= 0.3 is 0 Å². The third-order valence-corrected chi connectivity index (χ3v) is 5.92. The van der Waals surface area contributed by atoms with Crippen LogP contribution in [0, 0.1) is 5.82 Å². The average Bonchev–Trinajstić information content (AvgIpc) is 3.30. The summed E-state index contributed by atoms with van der Waals surface area (Å²) in [6, 6.07) is 24.1. The van der Waals surface area contributed by atoms with Gasteiger partial charge < -0.3 is 9.88 Å². The summed E-state index contributed by atoms with van der Waals surface area (Å²) in [5.74, 6) is -0.404. The van der Waals surface area contributed by atoms with Crippen molar-refractivity contribution in [3.63, 3.8) is 0 Å². The maximum absolute atomic E-state index is 13.3. The number of carbonyl (C=O) groups excluding carboxylic acids is 1. The molecule has 1 aromatic heterocycles. The highest BCUT2D eigenvalue weighted by molar-refractivity contribution is 8.18. The van der Waals surface area contributed by atoms with Gasteiger partial charge in [0.05, 0.1) is 10.6 Å². The van der Waals surface area contributed by atoms with Crippen molar-refractivity contribution >= 4 is 45.5 Å². The fourth-order valence-corrected chi connectivity index (χ4v) is 4.38. The highest BCUT2D eigenvalue weighted by atomic mass is 32.2. The van der Waals surface area contributed by atoms with E-state index in [-0.39, 0.29) is 11.7 Å². The fourth-order valence-electron chi connectivity index (χ4n) is 3.55. The average molecular weight is 428 g/mol. The molecule has 1 N–H and O–H groups in total. The van der Waals surface area contributed by atoms with Gasteiger partial charge in [-0.1, -0.05) is 48.5 Å². The fraction of sp³-hybridized carbons (Fsp3) is 0.0400. The Morgan fingerprint density at radius 3 is 2.52 bits per heavy atom. The Bertz CT molecular complexity index is 1320. The molecule has 4 aromatic rings. The summed E-state index contributed by atoms with van der Waals surface area (Å²) in [4.78, 5) is 17.6. The van der Waals surface area contributed by atoms with E-state index in [2.05, 4.69) is 14.9 Å². The molecule has 0 saturated carbocycles. The zero-order valence-electron chi connectivity index (χ0n) is 16.5. The molecule has 4 nitrogen and oxygen atoms in total. The maximum atomic E-state index is 13.3. The van der Waals surface area contributed by atoms with E-state index in [0.29, 0.717) is 16.6 Å². The molecule has 1 amide bonds. The summed E-state index contributed by atoms with van der Waals surface area (Å²) in [6.45, 7) is 0.615. The smallest absolute Gasteiger partial charge is 0.264 e. The van der Waals surface area contributed by atoms with E-state index >= 15 is 0 Å². The summed E-state index contributed by atoms with van der Waals surface area (Å²) in [7, 11) is 0. The first kappa shape index (κ1) is 19.3. The lowest BCUT2D eigenvalue weighted by molar-refractivity contribution is -0.115. The van der Waals surface area contributed by atoms with Crippen LogP contribution in [0.15, 0.2) is 95.0 Å². The molecule has 1 aliphatic heterocycles. The summed E-state index contributed by atoms with van der Waals surface area (Å²) in [5, 5.41) is 4.46. The number of amides is 1. The third-order valence-electron chi connectivity index (χ3n) is 5.01. The van der Waals surface area contributed by atoms with Gasteiger partial charge in [0.2, 0.25) is 0 Å². The molecule has 1 fully saturated rings. The van der Waals surface area contributed by atoms with Crippen LogP contribution in [-0.2, 0) is 11.3 Å². The van der Waals surface area contributed by atoms with E-state index in [1.54, 1.807) is 12.1 Å². The second-order valence-electron chi connectivity index (χ2n) is 7.17. The van der Waals surface area contributed by atoms with Crippen molar-refractivity contribution in [3.8, 4) is 0 Å². The zero-order chi connectivity index (χ0) is 21.2. The molecule has 31 heavy (non-hydrogen) atoms. The van der Waals surface area contributed by atoms with Gasteiger partial charge in [0.1, 0.15) is 5.82 Å². The number of hydrogen-bond acceptors (Lipinski definition) is 3. The van der Waals surface area contributed by atoms with Gasteiger partial charge in [0.25, 0.3) is 5.91 Å². The van der Waals surface area contributed by atoms with E-state index < -0.39 is 0 Å². The van der Waals surface area contributed by atoms with Crippen LogP contribution >= 0.6 is 11.8 Å². The van der Waals surface area contributed by atoms with Crippen molar-refractivity contribution in [1.82, 2.24) is 9.88 Å². The van der Waals surface area contributed by atoms with E-state index in [0.717, 1.165) is 27.7 Å². The maximum Gasteiger partial charge on any atom is 0.264 e. The third kappa shape index (κ3) is 4.15. The molecular weight excluding hydrogens is 409 g/mol. The van der Waals surface area contributed by atoms with Crippen LogP contribution in [-0.4, -0.2) is 15.6 Å². The summed E-state index contributed by atoms with van der Waals surface area (Å²) < 4.78 is 15.4. The molecule has 0 atom stereocenters. The SMILES string of the molecule is O=C1NC(=Nc2ccccc2)S/C1=C\c1cn(Cc2ccc(F)cc2)c2ccccc12. The number of aliphatic imine (C=N–C) groups is 1. The predicted molar refractivity (Wildman–Crippen MR) is 125 cm³/mol. The van der Waals surface area contributed by atoms with Crippen LogP contribution in [0.3, 0.4) is 0 Å². The number of halogens is 1. The number of thioether (sulfide) groups is 1. The highest BCUT2D eigenvalue weighted by Gasteiger charge is 2.24. The van der Waals surface area contributed by atoms with Gasteiger partial charge in [-0.3, -0.25) is 4.79 Å². The van der Waals surface area contributed by atoms with Crippen LogP contribution in [0.1, 0.15) is 11.1 Å². The molecule has 0 spiro atoms. The number of para-hydroxylation sites is 2. The Balaban J connectivity index is 1.47. The second-order valence-corrected chi connectivity index (χ2v) is 8.20. The standard InChI is InChI=1S/C25H18FN3OS/c26-19-12-10-17(11-13-19)15-29-16-18(21-8-4-5-9-22(21)29)14-23-24(30)28-25(31-23)27-20-6-2-1-3-7-20/h1-14,16H,15H2,(H,27,28,30)/b23-14-. The number of fused-ring (bicyclic) bond motifs is 1. The van der Waals surface area contributed by atoms with Crippen LogP contribution in [0.5, 0.6) is 0 Å². The summed E-state index contributed by atoms with van der Waals surface area (Å²) in [5.41, 5.74) is 3.81. The predicted octanol–water partition coefficient (Wildman–Crippen LogP) is 5.72. The molecule has 5 rings (SSSR count). The first-order valence-corrected chi connectivity index (χ1v) is 10.6. The minimum Gasteiger partial charge on any atom is -0.342 e. The van der Waals surface area contributed by atoms with Gasteiger partial charge in [-0.05, 0) is 53.7 Å². The van der Waals surface area contributed by atoms with Crippen molar-refractivity contribution in [2.75, 3.05) is 0 Å². The van der Waals surface area contributed by atoms with Crippen molar-refractivity contribution in [2.24, 2.45) is 4.99 Å². The Kier molecular flexibility index (Phi) is 5.14. The van der Waals surface area contributed by atoms with E-state index in [4.69, 9.17) is 0 Å². The minimum atomic E-state index is -0.247. The molecule has 1 aliphatic rings. The Morgan fingerprint density at radius 1 is 0.968 bits per heavy atom. The number of nitrogens with zero attached hydrogens (tertiary/aromatic N) is 2. The number of benzene rings is 3. The number of rotatable bonds is 4. The number of hydrogen-bond donors (Lipinski definition) is 1. The van der Waals surface area contributed by atoms with Crippen LogP contribution in [0.25, 0.3) is 17.0 Å². The van der Waals surface area contributed by atoms with Crippen LogP contribution < -0.4 is 5.32 Å². The normalized spacial score (nSPS) is 16.4. The van der Waals surface area contributed by atoms with Crippen molar-refractivity contribution in [3.05, 3.63) is 107 Å². The van der Waals surface area contributed by atoms with Gasteiger partial charge in [-0.2, -0.15) is 0 Å². The number of carbonyl (C=O) groups is 1. The molecule has 0 bridgehead atoms. The van der Waals surface area contributed by atoms with E-state index in [1.807, 2.05) is 66.9 Å². The molecule has 3 aromatic carbocycles. The zero-order valence-corrected chi connectivity index (χ0v) is 17.3. The van der Waals surface area contributed by atoms with Gasteiger partial charge in [0, 0.05) is 29.2 Å². The first-order valence-electron chi connectivity index (χ1n) is 9.83. The van der Waals surface area contributed by atoms with Gasteiger partial charge in [0.15, 0.2) is 5.17 Å². The quantitative estimate of drug-likeness (QED) is 0.424. The lowest BCUT2D eigenvalue weighted by atomic mass is 10.1. The van der Waals surface area contributed by atoms with Crippen LogP contribution in [0.2, 0.25) is 0 Å². The van der Waals surface area contributed by atoms with Crippen molar-refractivity contribution in [2.45, 2.75) is 6.54 Å². The van der Waals surface area contributed by atoms with Crippen molar-refractivity contribution in [1.29, 1.82) is 0 Å². The topological polar surface area (TPSA) is 46.4 Å². The molecule has 0 aliphatic carbocycles. The summed E-state index contributed by atoms with van der Waals surface area (Å²) in [6.07, 6.45) is 3.93. The Morgan fingerprint density at radius 2 is 1.71 bits per heavy atom. The number of nitrogens with one attached hydrogen (secondary N) is 1. The monoisotopic (exact) mass is 427 g/mol. The molecule has 6 heteroatoms. The molecule has 152 valence electrons. The van der Waals surface area contributed by atoms with Crippen LogP contribution in [0.4, 0.5) is 10.1 Å². The first-order chi connectivity index (χ1) is 15.2. The van der Waals surface area contributed by atoms with E-state index in [1.165, 1.54) is 23.9 Å². The lowest BCUT2D eigenvalue weighted by Gasteiger charge is -2.05. The minimum absolute atomic E-state index is 0.157. The molecule has 0 unspecified atom stereocenters. The Hall–Kier alpha value is -3.64. The molecule has 1 saturated heterocycles. The summed E-state index contributed by atoms with van der Waals surface area (Å²) >= 11 is 1.33. The number of aromatic nitrogens is 1. The van der Waals surface area contributed by atoms with Gasteiger partial charge in [-0.25, -0.2) is 9.38 Å². The van der Waals surface area contributed by atoms with Crippen molar-refractivity contribution < 1.29 is 9.18 Å². The lowest BCUT2D eigenvalue weighted by Crippen LogP contribution is -2.19. The molecule has 0 radical (unpaired) electrons. The second kappa shape index (κ2) is 8.24. The largest absolute Gasteiger partial charge is 0.342 e. The number of amidine groups is 1. The molecular formula is C25H18FN3OS. The van der Waals surface area contributed by atoms with E-state index in [9.17, 15) is 9.18 Å². The van der Waals surface area contributed by atoms with Gasteiger partial charge in [-0.15, -0.1) is 0 Å². The highest BCUT2D eigenvalue weighted by Crippen LogP contribution is 2.31. The molecule has 2 heterocycles.